The zero-order chi connectivity index (χ0) is 21.6. The second-order valence-electron chi connectivity index (χ2n) is 6.07. The lowest BCUT2D eigenvalue weighted by Gasteiger charge is -2.23. The number of sulfonamides is 1. The fourth-order valence-electron chi connectivity index (χ4n) is 2.44. The molecular formula is C19H19FN4O3S3. The maximum Gasteiger partial charge on any atom is 0.264 e. The summed E-state index contributed by atoms with van der Waals surface area (Å²) in [6, 6.07) is 12.7. The summed E-state index contributed by atoms with van der Waals surface area (Å²) in [5, 5.41) is 10.8. The van der Waals surface area contributed by atoms with Crippen molar-refractivity contribution in [2.75, 3.05) is 21.9 Å². The van der Waals surface area contributed by atoms with Gasteiger partial charge in [-0.05, 0) is 42.8 Å². The van der Waals surface area contributed by atoms with Gasteiger partial charge in [0.15, 0.2) is 4.34 Å². The van der Waals surface area contributed by atoms with Crippen molar-refractivity contribution in [3.05, 3.63) is 60.4 Å². The van der Waals surface area contributed by atoms with E-state index in [9.17, 15) is 17.6 Å². The van der Waals surface area contributed by atoms with Crippen molar-refractivity contribution in [3.8, 4) is 0 Å². The lowest BCUT2D eigenvalue weighted by Crippen LogP contribution is -2.38. The number of carbonyl (C=O) groups excluding carboxylic acids is 1. The molecular weight excluding hydrogens is 447 g/mol. The highest BCUT2D eigenvalue weighted by molar-refractivity contribution is 8.01. The van der Waals surface area contributed by atoms with Crippen molar-refractivity contribution < 1.29 is 17.6 Å². The molecule has 0 saturated carbocycles. The van der Waals surface area contributed by atoms with Crippen molar-refractivity contribution in [2.24, 2.45) is 0 Å². The molecule has 30 heavy (non-hydrogen) atoms. The van der Waals surface area contributed by atoms with Gasteiger partial charge in [0.1, 0.15) is 12.4 Å². The van der Waals surface area contributed by atoms with Gasteiger partial charge in [-0.25, -0.2) is 12.8 Å². The first kappa shape index (κ1) is 22.2. The average Bonchev–Trinajstić information content (AvgIpc) is 3.19. The summed E-state index contributed by atoms with van der Waals surface area (Å²) < 4.78 is 41.3. The summed E-state index contributed by atoms with van der Waals surface area (Å²) in [7, 11) is -4.05. The molecule has 0 radical (unpaired) electrons. The van der Waals surface area contributed by atoms with Crippen molar-refractivity contribution in [1.29, 1.82) is 0 Å². The normalized spacial score (nSPS) is 11.3. The Morgan fingerprint density at radius 3 is 2.50 bits per heavy atom. The van der Waals surface area contributed by atoms with Crippen LogP contribution >= 0.6 is 23.1 Å². The van der Waals surface area contributed by atoms with Gasteiger partial charge < -0.3 is 0 Å². The molecule has 2 aromatic carbocycles. The molecule has 0 fully saturated rings. The first-order valence-electron chi connectivity index (χ1n) is 8.99. The van der Waals surface area contributed by atoms with Gasteiger partial charge in [0.2, 0.25) is 11.0 Å². The van der Waals surface area contributed by atoms with E-state index in [1.54, 1.807) is 18.2 Å². The number of rotatable bonds is 9. The van der Waals surface area contributed by atoms with Crippen LogP contribution in [0.2, 0.25) is 0 Å². The third-order valence-corrected chi connectivity index (χ3v) is 7.78. The highest BCUT2D eigenvalue weighted by atomic mass is 32.2. The molecule has 0 unspecified atom stereocenters. The van der Waals surface area contributed by atoms with Gasteiger partial charge in [0, 0.05) is 5.75 Å². The Labute approximate surface area is 182 Å². The number of aromatic nitrogens is 2. The minimum Gasteiger partial charge on any atom is -0.299 e. The smallest absolute Gasteiger partial charge is 0.264 e. The van der Waals surface area contributed by atoms with Crippen LogP contribution in [0.15, 0.2) is 63.8 Å². The van der Waals surface area contributed by atoms with Crippen molar-refractivity contribution in [1.82, 2.24) is 10.2 Å². The van der Waals surface area contributed by atoms with Gasteiger partial charge in [-0.3, -0.25) is 14.4 Å². The molecule has 0 aliphatic heterocycles. The molecule has 3 aromatic rings. The summed E-state index contributed by atoms with van der Waals surface area (Å²) in [4.78, 5) is 12.6. The molecule has 3 rings (SSSR count). The van der Waals surface area contributed by atoms with Crippen LogP contribution in [-0.4, -0.2) is 36.8 Å². The van der Waals surface area contributed by atoms with Gasteiger partial charge >= 0.3 is 0 Å². The van der Waals surface area contributed by atoms with E-state index in [1.165, 1.54) is 47.4 Å². The first-order valence-corrected chi connectivity index (χ1v) is 12.2. The first-order chi connectivity index (χ1) is 14.4. The van der Waals surface area contributed by atoms with Gasteiger partial charge in [-0.1, -0.05) is 48.2 Å². The van der Waals surface area contributed by atoms with Crippen molar-refractivity contribution in [3.63, 3.8) is 0 Å². The maximum atomic E-state index is 13.3. The number of thioether (sulfide) groups is 1. The Morgan fingerprint density at radius 1 is 1.13 bits per heavy atom. The number of anilines is 2. The van der Waals surface area contributed by atoms with E-state index in [-0.39, 0.29) is 15.7 Å². The molecule has 0 aliphatic rings. The molecule has 0 atom stereocenters. The lowest BCUT2D eigenvalue weighted by atomic mass is 10.3. The number of hydrogen-bond donors (Lipinski definition) is 1. The SMILES string of the molecule is CCCSc1nnc(NC(=O)CN(c2ccc(F)cc2)S(=O)(=O)c2ccccc2)s1. The summed E-state index contributed by atoms with van der Waals surface area (Å²) in [5.74, 6) is -0.204. The summed E-state index contributed by atoms with van der Waals surface area (Å²) >= 11 is 2.75. The van der Waals surface area contributed by atoms with Crippen LogP contribution in [0.3, 0.4) is 0 Å². The standard InChI is InChI=1S/C19H19FN4O3S3/c1-2-12-28-19-23-22-18(29-19)21-17(25)13-24(15-10-8-14(20)9-11-15)30(26,27)16-6-4-3-5-7-16/h3-11H,2,12-13H2,1H3,(H,21,22,25). The number of halogens is 1. The van der Waals surface area contributed by atoms with E-state index in [0.717, 1.165) is 33.0 Å². The second kappa shape index (κ2) is 10.0. The zero-order valence-corrected chi connectivity index (χ0v) is 18.4. The van der Waals surface area contributed by atoms with E-state index in [2.05, 4.69) is 15.5 Å². The van der Waals surface area contributed by atoms with Crippen LogP contribution in [0.1, 0.15) is 13.3 Å². The van der Waals surface area contributed by atoms with E-state index in [0.29, 0.717) is 0 Å². The molecule has 158 valence electrons. The lowest BCUT2D eigenvalue weighted by molar-refractivity contribution is -0.114. The van der Waals surface area contributed by atoms with E-state index >= 15 is 0 Å². The largest absolute Gasteiger partial charge is 0.299 e. The minimum atomic E-state index is -4.05. The summed E-state index contributed by atoms with van der Waals surface area (Å²) in [5.41, 5.74) is 0.173. The molecule has 0 saturated heterocycles. The van der Waals surface area contributed by atoms with Crippen LogP contribution < -0.4 is 9.62 Å². The van der Waals surface area contributed by atoms with Gasteiger partial charge in [0.05, 0.1) is 10.6 Å². The number of carbonyl (C=O) groups is 1. The third-order valence-electron chi connectivity index (χ3n) is 3.82. The molecule has 1 heterocycles. The Hall–Kier alpha value is -2.50. The van der Waals surface area contributed by atoms with E-state index in [1.807, 2.05) is 6.92 Å². The van der Waals surface area contributed by atoms with Gasteiger partial charge in [-0.15, -0.1) is 10.2 Å². The second-order valence-corrected chi connectivity index (χ2v) is 10.3. The Balaban J connectivity index is 1.83. The number of benzene rings is 2. The molecule has 7 nitrogen and oxygen atoms in total. The topological polar surface area (TPSA) is 92.3 Å². The minimum absolute atomic E-state index is 0.0243. The maximum absolute atomic E-state index is 13.3. The average molecular weight is 467 g/mol. The molecule has 1 aromatic heterocycles. The third kappa shape index (κ3) is 5.55. The Morgan fingerprint density at radius 2 is 1.83 bits per heavy atom. The monoisotopic (exact) mass is 466 g/mol. The van der Waals surface area contributed by atoms with Crippen LogP contribution in [0.4, 0.5) is 15.2 Å². The summed E-state index contributed by atoms with van der Waals surface area (Å²) in [6.45, 7) is 1.55. The van der Waals surface area contributed by atoms with Crippen LogP contribution in [-0.2, 0) is 14.8 Å². The zero-order valence-electron chi connectivity index (χ0n) is 16.0. The Bertz CT molecular complexity index is 1090. The van der Waals surface area contributed by atoms with E-state index in [4.69, 9.17) is 0 Å². The number of hydrogen-bond acceptors (Lipinski definition) is 7. The fraction of sp³-hybridized carbons (Fsp3) is 0.211. The number of nitrogens with one attached hydrogen (secondary N) is 1. The highest BCUT2D eigenvalue weighted by Gasteiger charge is 2.27. The predicted octanol–water partition coefficient (Wildman–Crippen LogP) is 4.01. The summed E-state index contributed by atoms with van der Waals surface area (Å²) in [6.07, 6.45) is 0.982. The van der Waals surface area contributed by atoms with Gasteiger partial charge in [-0.2, -0.15) is 0 Å². The van der Waals surface area contributed by atoms with Crippen molar-refractivity contribution in [2.45, 2.75) is 22.6 Å². The fourth-order valence-corrected chi connectivity index (χ4v) is 5.57. The highest BCUT2D eigenvalue weighted by Crippen LogP contribution is 2.27. The predicted molar refractivity (Wildman–Crippen MR) is 117 cm³/mol. The molecule has 0 aliphatic carbocycles. The number of amides is 1. The van der Waals surface area contributed by atoms with Gasteiger partial charge in [0.25, 0.3) is 10.0 Å². The molecule has 11 heteroatoms. The quantitative estimate of drug-likeness (QED) is 0.378. The number of nitrogens with zero attached hydrogens (tertiary/aromatic N) is 3. The molecule has 0 spiro atoms. The van der Waals surface area contributed by atoms with Crippen molar-refractivity contribution >= 4 is 49.8 Å². The van der Waals surface area contributed by atoms with Crippen LogP contribution in [0.5, 0.6) is 0 Å². The van der Waals surface area contributed by atoms with Crippen LogP contribution in [0.25, 0.3) is 0 Å². The molecule has 1 N–H and O–H groups in total. The molecule has 0 bridgehead atoms. The van der Waals surface area contributed by atoms with E-state index < -0.39 is 28.3 Å². The Kier molecular flexibility index (Phi) is 7.40. The molecule has 1 amide bonds. The van der Waals surface area contributed by atoms with Crippen LogP contribution in [0, 0.1) is 5.82 Å².